The van der Waals surface area contributed by atoms with Gasteiger partial charge in [0.15, 0.2) is 11.3 Å². The predicted molar refractivity (Wildman–Crippen MR) is 119 cm³/mol. The third-order valence-electron chi connectivity index (χ3n) is 5.41. The zero-order valence-electron chi connectivity index (χ0n) is 17.7. The zero-order chi connectivity index (χ0) is 21.7. The normalized spacial score (nSPS) is 11.6. The van der Waals surface area contributed by atoms with Gasteiger partial charge in [0.05, 0.1) is 11.2 Å². The van der Waals surface area contributed by atoms with Crippen LogP contribution >= 0.6 is 0 Å². The third kappa shape index (κ3) is 3.07. The molecule has 0 aliphatic rings. The number of nitrogens with zero attached hydrogens (tertiary/aromatic N) is 5. The molecule has 0 radical (unpaired) electrons. The molecular weight excluding hydrogens is 392 g/mol. The number of nitrogens with one attached hydrogen (secondary N) is 1. The lowest BCUT2D eigenvalue weighted by Gasteiger charge is -2.11. The summed E-state index contributed by atoms with van der Waals surface area (Å²) in [4.78, 5) is 29.1. The van der Waals surface area contributed by atoms with E-state index in [1.807, 2.05) is 56.6 Å². The van der Waals surface area contributed by atoms with E-state index >= 15 is 0 Å². The summed E-state index contributed by atoms with van der Waals surface area (Å²) in [5.74, 6) is 0.886. The maximum absolute atomic E-state index is 12.8. The summed E-state index contributed by atoms with van der Waals surface area (Å²) < 4.78 is 9.34. The van der Waals surface area contributed by atoms with Crippen LogP contribution in [0.4, 0.5) is 0 Å². The fourth-order valence-corrected chi connectivity index (χ4v) is 4.01. The van der Waals surface area contributed by atoms with Gasteiger partial charge in [-0.25, -0.2) is 19.3 Å². The molecule has 4 heterocycles. The van der Waals surface area contributed by atoms with Crippen LogP contribution in [0.2, 0.25) is 0 Å². The molecule has 8 nitrogen and oxygen atoms in total. The van der Waals surface area contributed by atoms with Crippen molar-refractivity contribution >= 4 is 22.3 Å². The molecule has 0 fully saturated rings. The summed E-state index contributed by atoms with van der Waals surface area (Å²) >= 11 is 0. The summed E-state index contributed by atoms with van der Waals surface area (Å²) in [5.41, 5.74) is 5.59. The number of rotatable bonds is 4. The van der Waals surface area contributed by atoms with Crippen LogP contribution in [0.15, 0.2) is 53.6 Å². The van der Waals surface area contributed by atoms with E-state index in [0.29, 0.717) is 23.1 Å². The smallest absolute Gasteiger partial charge is 0.332 e. The number of pyridine rings is 2. The summed E-state index contributed by atoms with van der Waals surface area (Å²) in [5, 5.41) is 0. The van der Waals surface area contributed by atoms with Crippen LogP contribution in [0, 0.1) is 6.92 Å². The van der Waals surface area contributed by atoms with Crippen molar-refractivity contribution in [3.05, 3.63) is 70.4 Å². The maximum Gasteiger partial charge on any atom is 0.332 e. The van der Waals surface area contributed by atoms with E-state index in [1.54, 1.807) is 15.3 Å². The number of H-pyrrole nitrogens is 1. The SMILES string of the molecule is Cc1cnc2c([nH]c(=O)n2-c2ccc(Oc3nc4cccnc4n3C)cc2)c1C(C)C. The Morgan fingerprint density at radius 2 is 1.84 bits per heavy atom. The molecule has 5 rings (SSSR count). The lowest BCUT2D eigenvalue weighted by Crippen LogP contribution is -2.14. The van der Waals surface area contributed by atoms with Gasteiger partial charge in [0.2, 0.25) is 0 Å². The van der Waals surface area contributed by atoms with E-state index < -0.39 is 0 Å². The molecule has 0 bridgehead atoms. The second-order valence-corrected chi connectivity index (χ2v) is 7.87. The summed E-state index contributed by atoms with van der Waals surface area (Å²) in [7, 11) is 1.86. The molecule has 0 saturated carbocycles. The van der Waals surface area contributed by atoms with Crippen molar-refractivity contribution in [1.82, 2.24) is 29.1 Å². The van der Waals surface area contributed by atoms with Crippen molar-refractivity contribution in [2.24, 2.45) is 7.05 Å². The van der Waals surface area contributed by atoms with Gasteiger partial charge < -0.3 is 9.72 Å². The minimum atomic E-state index is -0.218. The molecule has 0 atom stereocenters. The van der Waals surface area contributed by atoms with Crippen molar-refractivity contribution in [2.75, 3.05) is 0 Å². The number of ether oxygens (including phenoxy) is 1. The largest absolute Gasteiger partial charge is 0.425 e. The molecule has 0 aliphatic carbocycles. The number of benzene rings is 1. The number of aromatic amines is 1. The zero-order valence-corrected chi connectivity index (χ0v) is 17.7. The Labute approximate surface area is 178 Å². The van der Waals surface area contributed by atoms with Crippen LogP contribution in [0.25, 0.3) is 28.0 Å². The highest BCUT2D eigenvalue weighted by atomic mass is 16.5. The van der Waals surface area contributed by atoms with E-state index in [4.69, 9.17) is 4.74 Å². The van der Waals surface area contributed by atoms with E-state index in [0.717, 1.165) is 27.8 Å². The first-order valence-corrected chi connectivity index (χ1v) is 10.1. The Hall–Kier alpha value is -3.94. The Morgan fingerprint density at radius 1 is 1.06 bits per heavy atom. The Bertz CT molecular complexity index is 1470. The highest BCUT2D eigenvalue weighted by Gasteiger charge is 2.17. The summed E-state index contributed by atoms with van der Waals surface area (Å²) in [6.45, 7) is 6.24. The standard InChI is InChI=1S/C23H22N6O2/c1-13(2)18-14(3)12-25-21-19(18)27-22(30)29(21)15-7-9-16(10-8-15)31-23-26-17-6-5-11-24-20(17)28(23)4/h5-13H,1-4H3,(H,27,30). The average molecular weight is 414 g/mol. The van der Waals surface area contributed by atoms with E-state index in [2.05, 4.69) is 33.8 Å². The summed E-state index contributed by atoms with van der Waals surface area (Å²) in [6, 6.07) is 11.5. The first-order valence-electron chi connectivity index (χ1n) is 10.1. The molecule has 1 N–H and O–H groups in total. The van der Waals surface area contributed by atoms with Gasteiger partial charge in [-0.05, 0) is 60.4 Å². The third-order valence-corrected chi connectivity index (χ3v) is 5.41. The van der Waals surface area contributed by atoms with Gasteiger partial charge in [-0.1, -0.05) is 13.8 Å². The quantitative estimate of drug-likeness (QED) is 0.475. The number of hydrogen-bond donors (Lipinski definition) is 1. The van der Waals surface area contributed by atoms with Crippen molar-refractivity contribution < 1.29 is 4.74 Å². The van der Waals surface area contributed by atoms with Crippen LogP contribution in [0.3, 0.4) is 0 Å². The molecule has 0 unspecified atom stereocenters. The minimum absolute atomic E-state index is 0.218. The second-order valence-electron chi connectivity index (χ2n) is 7.87. The number of aryl methyl sites for hydroxylation is 2. The van der Waals surface area contributed by atoms with Crippen molar-refractivity contribution in [1.29, 1.82) is 0 Å². The second kappa shape index (κ2) is 7.09. The van der Waals surface area contributed by atoms with Gasteiger partial charge in [0, 0.05) is 19.4 Å². The Balaban J connectivity index is 1.52. The van der Waals surface area contributed by atoms with Crippen LogP contribution in [0.1, 0.15) is 30.9 Å². The topological polar surface area (TPSA) is 90.6 Å². The van der Waals surface area contributed by atoms with Gasteiger partial charge in [-0.2, -0.15) is 4.98 Å². The fourth-order valence-electron chi connectivity index (χ4n) is 4.01. The highest BCUT2D eigenvalue weighted by molar-refractivity contribution is 5.78. The molecule has 8 heteroatoms. The maximum atomic E-state index is 12.8. The molecule has 0 amide bonds. The minimum Gasteiger partial charge on any atom is -0.425 e. The van der Waals surface area contributed by atoms with Crippen molar-refractivity contribution in [3.8, 4) is 17.4 Å². The van der Waals surface area contributed by atoms with E-state index in [1.165, 1.54) is 0 Å². The summed E-state index contributed by atoms with van der Waals surface area (Å²) in [6.07, 6.45) is 3.54. The first-order chi connectivity index (χ1) is 14.9. The van der Waals surface area contributed by atoms with E-state index in [9.17, 15) is 4.79 Å². The first kappa shape index (κ1) is 19.0. The van der Waals surface area contributed by atoms with Crippen LogP contribution < -0.4 is 10.4 Å². The van der Waals surface area contributed by atoms with Crippen LogP contribution in [0.5, 0.6) is 11.8 Å². The number of hydrogen-bond acceptors (Lipinski definition) is 5. The molecule has 4 aromatic heterocycles. The van der Waals surface area contributed by atoms with Gasteiger partial charge in [-0.15, -0.1) is 0 Å². The lowest BCUT2D eigenvalue weighted by atomic mass is 9.99. The predicted octanol–water partition coefficient (Wildman–Crippen LogP) is 4.22. The molecular formula is C23H22N6O2. The molecule has 0 spiro atoms. The average Bonchev–Trinajstić information content (AvgIpc) is 3.24. The van der Waals surface area contributed by atoms with Crippen molar-refractivity contribution in [3.63, 3.8) is 0 Å². The van der Waals surface area contributed by atoms with Gasteiger partial charge in [0.1, 0.15) is 11.3 Å². The Morgan fingerprint density at radius 3 is 2.55 bits per heavy atom. The van der Waals surface area contributed by atoms with Crippen molar-refractivity contribution in [2.45, 2.75) is 26.7 Å². The molecule has 156 valence electrons. The molecule has 5 aromatic rings. The molecule has 0 saturated heterocycles. The lowest BCUT2D eigenvalue weighted by molar-refractivity contribution is 0.427. The number of fused-ring (bicyclic) bond motifs is 2. The monoisotopic (exact) mass is 414 g/mol. The fraction of sp³-hybridized carbons (Fsp3) is 0.217. The molecule has 0 aliphatic heterocycles. The number of imidazole rings is 2. The highest BCUT2D eigenvalue weighted by Crippen LogP contribution is 2.28. The van der Waals surface area contributed by atoms with Gasteiger partial charge in [0.25, 0.3) is 0 Å². The number of aromatic nitrogens is 6. The van der Waals surface area contributed by atoms with Crippen LogP contribution in [-0.2, 0) is 7.05 Å². The van der Waals surface area contributed by atoms with Gasteiger partial charge >= 0.3 is 11.7 Å². The molecule has 31 heavy (non-hydrogen) atoms. The van der Waals surface area contributed by atoms with E-state index in [-0.39, 0.29) is 11.6 Å². The molecule has 1 aromatic carbocycles. The van der Waals surface area contributed by atoms with Crippen LogP contribution in [-0.4, -0.2) is 29.1 Å². The Kier molecular flexibility index (Phi) is 4.35. The van der Waals surface area contributed by atoms with Gasteiger partial charge in [-0.3, -0.25) is 4.57 Å².